The third kappa shape index (κ3) is 4.26. The zero-order valence-electron chi connectivity index (χ0n) is 12.9. The van der Waals surface area contributed by atoms with Gasteiger partial charge >= 0.3 is 0 Å². The monoisotopic (exact) mass is 301 g/mol. The minimum absolute atomic E-state index is 0.121. The van der Waals surface area contributed by atoms with Crippen molar-refractivity contribution in [1.29, 1.82) is 0 Å². The van der Waals surface area contributed by atoms with E-state index in [9.17, 15) is 4.21 Å². The van der Waals surface area contributed by atoms with E-state index < -0.39 is 10.8 Å². The van der Waals surface area contributed by atoms with Gasteiger partial charge in [0.25, 0.3) is 0 Å². The summed E-state index contributed by atoms with van der Waals surface area (Å²) in [6.45, 7) is 7.18. The van der Waals surface area contributed by atoms with E-state index in [0.29, 0.717) is 5.75 Å². The third-order valence-electron chi connectivity index (χ3n) is 3.71. The van der Waals surface area contributed by atoms with Gasteiger partial charge in [-0.3, -0.25) is 4.21 Å². The van der Waals surface area contributed by atoms with Crippen LogP contribution in [-0.4, -0.2) is 16.5 Å². The molecule has 2 aromatic rings. The van der Waals surface area contributed by atoms with E-state index in [0.717, 1.165) is 11.4 Å². The quantitative estimate of drug-likeness (QED) is 0.880. The first-order chi connectivity index (χ1) is 10.1. The number of aryl methyl sites for hydroxylation is 2. The first-order valence-electron chi connectivity index (χ1n) is 7.35. The maximum atomic E-state index is 12.5. The van der Waals surface area contributed by atoms with Crippen molar-refractivity contribution in [2.75, 3.05) is 12.3 Å². The van der Waals surface area contributed by atoms with Gasteiger partial charge in [-0.2, -0.15) is 0 Å². The second-order valence-corrected chi connectivity index (χ2v) is 6.77. The lowest BCUT2D eigenvalue weighted by Gasteiger charge is -2.19. The highest BCUT2D eigenvalue weighted by Gasteiger charge is 2.15. The Morgan fingerprint density at radius 1 is 1.05 bits per heavy atom. The summed E-state index contributed by atoms with van der Waals surface area (Å²) in [5.74, 6) is 0.598. The van der Waals surface area contributed by atoms with Crippen LogP contribution in [0.25, 0.3) is 0 Å². The van der Waals surface area contributed by atoms with Crippen LogP contribution in [0.15, 0.2) is 53.4 Å². The Morgan fingerprint density at radius 3 is 2.38 bits per heavy atom. The van der Waals surface area contributed by atoms with E-state index in [4.69, 9.17) is 0 Å². The molecule has 0 fully saturated rings. The minimum Gasteiger partial charge on any atom is -0.309 e. The highest BCUT2D eigenvalue weighted by molar-refractivity contribution is 7.85. The standard InChI is InChI=1S/C18H23NOS/c1-4-19-18(16-11-10-14(2)15(3)12-16)13-21(20)17-8-6-5-7-9-17/h5-12,18-19H,4,13H2,1-3H3. The van der Waals surface area contributed by atoms with Crippen LogP contribution < -0.4 is 5.32 Å². The first kappa shape index (κ1) is 15.9. The van der Waals surface area contributed by atoms with Crippen LogP contribution in [0.2, 0.25) is 0 Å². The molecule has 21 heavy (non-hydrogen) atoms. The zero-order chi connectivity index (χ0) is 15.2. The van der Waals surface area contributed by atoms with Gasteiger partial charge in [-0.15, -0.1) is 0 Å². The number of rotatable bonds is 6. The molecule has 0 bridgehead atoms. The second kappa shape index (κ2) is 7.53. The van der Waals surface area contributed by atoms with E-state index >= 15 is 0 Å². The average molecular weight is 301 g/mol. The van der Waals surface area contributed by atoms with Gasteiger partial charge < -0.3 is 5.32 Å². The van der Waals surface area contributed by atoms with Crippen molar-refractivity contribution < 1.29 is 4.21 Å². The SMILES string of the molecule is CCNC(CS(=O)c1ccccc1)c1ccc(C)c(C)c1. The molecule has 0 radical (unpaired) electrons. The number of benzene rings is 2. The van der Waals surface area contributed by atoms with E-state index in [1.165, 1.54) is 16.7 Å². The molecule has 0 heterocycles. The summed E-state index contributed by atoms with van der Waals surface area (Å²) in [5, 5.41) is 3.45. The number of hydrogen-bond acceptors (Lipinski definition) is 2. The Morgan fingerprint density at radius 2 is 1.76 bits per heavy atom. The van der Waals surface area contributed by atoms with Gasteiger partial charge in [0.05, 0.1) is 10.8 Å². The first-order valence-corrected chi connectivity index (χ1v) is 8.67. The maximum Gasteiger partial charge on any atom is 0.0548 e. The molecular weight excluding hydrogens is 278 g/mol. The highest BCUT2D eigenvalue weighted by atomic mass is 32.2. The summed E-state index contributed by atoms with van der Waals surface area (Å²) in [6, 6.07) is 16.3. The summed E-state index contributed by atoms with van der Waals surface area (Å²) < 4.78 is 12.5. The summed E-state index contributed by atoms with van der Waals surface area (Å²) in [5.41, 5.74) is 3.78. The molecule has 0 aromatic heterocycles. The molecular formula is C18H23NOS. The predicted octanol–water partition coefficient (Wildman–Crippen LogP) is 3.76. The molecule has 112 valence electrons. The van der Waals surface area contributed by atoms with Crippen molar-refractivity contribution in [3.05, 3.63) is 65.2 Å². The van der Waals surface area contributed by atoms with Gasteiger partial charge in [0.1, 0.15) is 0 Å². The Hall–Kier alpha value is -1.45. The average Bonchev–Trinajstić information content (AvgIpc) is 2.50. The molecule has 2 nitrogen and oxygen atoms in total. The van der Waals surface area contributed by atoms with Crippen molar-refractivity contribution in [2.45, 2.75) is 31.7 Å². The normalized spacial score (nSPS) is 13.9. The van der Waals surface area contributed by atoms with Crippen LogP contribution in [0.5, 0.6) is 0 Å². The molecule has 2 rings (SSSR count). The van der Waals surface area contributed by atoms with Crippen molar-refractivity contribution in [2.24, 2.45) is 0 Å². The van der Waals surface area contributed by atoms with Crippen molar-refractivity contribution in [3.63, 3.8) is 0 Å². The van der Waals surface area contributed by atoms with Crippen molar-refractivity contribution in [3.8, 4) is 0 Å². The number of hydrogen-bond donors (Lipinski definition) is 1. The largest absolute Gasteiger partial charge is 0.309 e. The van der Waals surface area contributed by atoms with Gasteiger partial charge in [-0.25, -0.2) is 0 Å². The Bertz CT molecular complexity index is 610. The molecule has 0 amide bonds. The smallest absolute Gasteiger partial charge is 0.0548 e. The van der Waals surface area contributed by atoms with E-state index in [2.05, 4.69) is 44.3 Å². The van der Waals surface area contributed by atoms with E-state index in [1.54, 1.807) is 0 Å². The predicted molar refractivity (Wildman–Crippen MR) is 90.1 cm³/mol. The molecule has 0 aliphatic heterocycles. The molecule has 3 heteroatoms. The van der Waals surface area contributed by atoms with Crippen LogP contribution in [0.1, 0.15) is 29.7 Å². The van der Waals surface area contributed by atoms with Crippen LogP contribution in [-0.2, 0) is 10.8 Å². The summed E-state index contributed by atoms with van der Waals surface area (Å²) in [6.07, 6.45) is 0. The third-order valence-corrected chi connectivity index (χ3v) is 5.14. The van der Waals surface area contributed by atoms with Crippen molar-refractivity contribution >= 4 is 10.8 Å². The van der Waals surface area contributed by atoms with Crippen LogP contribution in [0.4, 0.5) is 0 Å². The van der Waals surface area contributed by atoms with E-state index in [1.807, 2.05) is 30.3 Å². The molecule has 0 aliphatic rings. The molecule has 0 spiro atoms. The van der Waals surface area contributed by atoms with Gasteiger partial charge in [0.2, 0.25) is 0 Å². The minimum atomic E-state index is -0.990. The summed E-state index contributed by atoms with van der Waals surface area (Å²) in [4.78, 5) is 0.893. The molecule has 2 atom stereocenters. The lowest BCUT2D eigenvalue weighted by atomic mass is 10.0. The molecule has 0 saturated carbocycles. The topological polar surface area (TPSA) is 29.1 Å². The molecule has 2 aromatic carbocycles. The Kier molecular flexibility index (Phi) is 5.71. The lowest BCUT2D eigenvalue weighted by Crippen LogP contribution is -2.26. The van der Waals surface area contributed by atoms with Gasteiger partial charge in [0.15, 0.2) is 0 Å². The second-order valence-electron chi connectivity index (χ2n) is 5.28. The van der Waals surface area contributed by atoms with Crippen molar-refractivity contribution in [1.82, 2.24) is 5.32 Å². The molecule has 0 saturated heterocycles. The van der Waals surface area contributed by atoms with Gasteiger partial charge in [0, 0.05) is 16.7 Å². The molecule has 0 aliphatic carbocycles. The fraction of sp³-hybridized carbons (Fsp3) is 0.333. The number of nitrogens with one attached hydrogen (secondary N) is 1. The van der Waals surface area contributed by atoms with Crippen LogP contribution in [0.3, 0.4) is 0 Å². The van der Waals surface area contributed by atoms with Gasteiger partial charge in [-0.1, -0.05) is 43.3 Å². The highest BCUT2D eigenvalue weighted by Crippen LogP contribution is 2.20. The maximum absolute atomic E-state index is 12.5. The fourth-order valence-electron chi connectivity index (χ4n) is 2.32. The zero-order valence-corrected chi connectivity index (χ0v) is 13.7. The van der Waals surface area contributed by atoms with E-state index in [-0.39, 0.29) is 6.04 Å². The fourth-order valence-corrected chi connectivity index (χ4v) is 3.59. The molecule has 1 N–H and O–H groups in total. The van der Waals surface area contributed by atoms with Crippen LogP contribution >= 0.6 is 0 Å². The Labute approximate surface area is 130 Å². The summed E-state index contributed by atoms with van der Waals surface area (Å²) in [7, 11) is -0.990. The van der Waals surface area contributed by atoms with Crippen LogP contribution in [0, 0.1) is 13.8 Å². The Balaban J connectivity index is 2.19. The summed E-state index contributed by atoms with van der Waals surface area (Å²) >= 11 is 0. The lowest BCUT2D eigenvalue weighted by molar-refractivity contribution is 0.594. The van der Waals surface area contributed by atoms with Gasteiger partial charge in [-0.05, 0) is 49.2 Å². The molecule has 2 unspecified atom stereocenters.